The van der Waals surface area contributed by atoms with Gasteiger partial charge in [0.05, 0.1) is 0 Å². The Balaban J connectivity index is 2.77. The highest BCUT2D eigenvalue weighted by Crippen LogP contribution is 2.03. The first-order valence-corrected chi connectivity index (χ1v) is 5.11. The van der Waals surface area contributed by atoms with Crippen molar-refractivity contribution in [2.75, 3.05) is 5.73 Å². The summed E-state index contributed by atoms with van der Waals surface area (Å²) >= 11 is 0. The van der Waals surface area contributed by atoms with Crippen LogP contribution in [0.5, 0.6) is 0 Å². The van der Waals surface area contributed by atoms with Crippen LogP contribution in [-0.4, -0.2) is 28.1 Å². The standard InChI is InChI=1S/C10H15N5O2/c1-5(2)8(9(12)16)13-10(17)6-3-4-7(11)15-14-6/h3-5,8H,1-2H3,(H2,11,15)(H2,12,16)(H,13,17). The van der Waals surface area contributed by atoms with Crippen molar-refractivity contribution in [3.05, 3.63) is 17.8 Å². The molecule has 0 aliphatic heterocycles. The molecule has 1 heterocycles. The first-order valence-electron chi connectivity index (χ1n) is 5.11. The Hall–Kier alpha value is -2.18. The third kappa shape index (κ3) is 3.40. The van der Waals surface area contributed by atoms with Gasteiger partial charge in [0.2, 0.25) is 5.91 Å². The van der Waals surface area contributed by atoms with Crippen LogP contribution in [0.1, 0.15) is 24.3 Å². The molecule has 7 heteroatoms. The molecule has 1 rings (SSSR count). The predicted octanol–water partition coefficient (Wildman–Crippen LogP) is -0.701. The predicted molar refractivity (Wildman–Crippen MR) is 61.7 cm³/mol. The van der Waals surface area contributed by atoms with Crippen LogP contribution in [0.15, 0.2) is 12.1 Å². The Morgan fingerprint density at radius 3 is 2.35 bits per heavy atom. The molecule has 0 saturated heterocycles. The number of primary amides is 1. The molecule has 0 saturated carbocycles. The fourth-order valence-electron chi connectivity index (χ4n) is 1.25. The maximum atomic E-state index is 11.7. The van der Waals surface area contributed by atoms with Crippen LogP contribution >= 0.6 is 0 Å². The molecule has 1 aromatic rings. The number of nitrogens with one attached hydrogen (secondary N) is 1. The Morgan fingerprint density at radius 2 is 1.94 bits per heavy atom. The molecule has 5 N–H and O–H groups in total. The van der Waals surface area contributed by atoms with E-state index in [9.17, 15) is 9.59 Å². The van der Waals surface area contributed by atoms with Gasteiger partial charge in [-0.25, -0.2) is 0 Å². The number of nitrogens with two attached hydrogens (primary N) is 2. The number of aromatic nitrogens is 2. The summed E-state index contributed by atoms with van der Waals surface area (Å²) in [5.74, 6) is -0.971. The van der Waals surface area contributed by atoms with E-state index in [-0.39, 0.29) is 17.4 Å². The summed E-state index contributed by atoms with van der Waals surface area (Å²) in [6.07, 6.45) is 0. The van der Waals surface area contributed by atoms with Crippen LogP contribution < -0.4 is 16.8 Å². The molecule has 0 spiro atoms. The molecule has 0 bridgehead atoms. The summed E-state index contributed by atoms with van der Waals surface area (Å²) < 4.78 is 0. The first-order chi connectivity index (χ1) is 7.91. The summed E-state index contributed by atoms with van der Waals surface area (Å²) in [4.78, 5) is 22.8. The highest BCUT2D eigenvalue weighted by Gasteiger charge is 2.22. The second-order valence-electron chi connectivity index (χ2n) is 3.94. The minimum absolute atomic E-state index is 0.0890. The van der Waals surface area contributed by atoms with E-state index < -0.39 is 17.9 Å². The van der Waals surface area contributed by atoms with Gasteiger partial charge in [-0.3, -0.25) is 9.59 Å². The lowest BCUT2D eigenvalue weighted by atomic mass is 10.0. The van der Waals surface area contributed by atoms with Crippen LogP contribution in [0, 0.1) is 5.92 Å². The highest BCUT2D eigenvalue weighted by atomic mass is 16.2. The molecule has 0 aromatic carbocycles. The molecule has 2 amide bonds. The van der Waals surface area contributed by atoms with Gasteiger partial charge >= 0.3 is 0 Å². The zero-order chi connectivity index (χ0) is 13.0. The van der Waals surface area contributed by atoms with Crippen LogP contribution in [0.25, 0.3) is 0 Å². The quantitative estimate of drug-likeness (QED) is 0.638. The minimum atomic E-state index is -0.734. The van der Waals surface area contributed by atoms with Crippen molar-refractivity contribution < 1.29 is 9.59 Å². The number of rotatable bonds is 4. The number of hydrogen-bond donors (Lipinski definition) is 3. The Bertz CT molecular complexity index is 415. The van der Waals surface area contributed by atoms with Gasteiger partial charge < -0.3 is 16.8 Å². The second kappa shape index (κ2) is 5.24. The molecular weight excluding hydrogens is 222 g/mol. The Labute approximate surface area is 98.6 Å². The van der Waals surface area contributed by atoms with E-state index in [0.717, 1.165) is 0 Å². The van der Waals surface area contributed by atoms with E-state index in [2.05, 4.69) is 15.5 Å². The van der Waals surface area contributed by atoms with Crippen molar-refractivity contribution in [3.8, 4) is 0 Å². The molecular formula is C10H15N5O2. The average molecular weight is 237 g/mol. The molecule has 7 nitrogen and oxygen atoms in total. The summed E-state index contributed by atoms with van der Waals surface area (Å²) in [6, 6.07) is 2.15. The zero-order valence-corrected chi connectivity index (χ0v) is 9.68. The number of anilines is 1. The third-order valence-corrected chi connectivity index (χ3v) is 2.18. The van der Waals surface area contributed by atoms with Gasteiger partial charge in [-0.15, -0.1) is 10.2 Å². The maximum absolute atomic E-state index is 11.7. The van der Waals surface area contributed by atoms with Gasteiger partial charge in [0.15, 0.2) is 5.69 Å². The van der Waals surface area contributed by atoms with Gasteiger partial charge in [-0.05, 0) is 18.1 Å². The van der Waals surface area contributed by atoms with Gasteiger partial charge in [0.25, 0.3) is 5.91 Å². The molecule has 17 heavy (non-hydrogen) atoms. The summed E-state index contributed by atoms with van der Waals surface area (Å²) in [7, 11) is 0. The number of carbonyl (C=O) groups is 2. The normalized spacial score (nSPS) is 12.2. The topological polar surface area (TPSA) is 124 Å². The molecule has 0 aliphatic carbocycles. The lowest BCUT2D eigenvalue weighted by Gasteiger charge is -2.18. The van der Waals surface area contributed by atoms with E-state index in [4.69, 9.17) is 11.5 Å². The van der Waals surface area contributed by atoms with Crippen LogP contribution in [0.4, 0.5) is 5.82 Å². The largest absolute Gasteiger partial charge is 0.382 e. The average Bonchev–Trinajstić information content (AvgIpc) is 2.25. The molecule has 92 valence electrons. The molecule has 0 fully saturated rings. The van der Waals surface area contributed by atoms with E-state index in [0.29, 0.717) is 0 Å². The van der Waals surface area contributed by atoms with Crippen molar-refractivity contribution in [1.82, 2.24) is 15.5 Å². The summed E-state index contributed by atoms with van der Waals surface area (Å²) in [5.41, 5.74) is 10.6. The van der Waals surface area contributed by atoms with Gasteiger partial charge in [-0.1, -0.05) is 13.8 Å². The lowest BCUT2D eigenvalue weighted by molar-refractivity contribution is -0.120. The van der Waals surface area contributed by atoms with Gasteiger partial charge in [0, 0.05) is 0 Å². The maximum Gasteiger partial charge on any atom is 0.272 e. The van der Waals surface area contributed by atoms with E-state index in [1.165, 1.54) is 12.1 Å². The Kier molecular flexibility index (Phi) is 3.97. The molecule has 0 aliphatic rings. The van der Waals surface area contributed by atoms with Gasteiger partial charge in [0.1, 0.15) is 11.9 Å². The molecule has 1 aromatic heterocycles. The fourth-order valence-corrected chi connectivity index (χ4v) is 1.25. The van der Waals surface area contributed by atoms with Crippen molar-refractivity contribution in [1.29, 1.82) is 0 Å². The molecule has 1 unspecified atom stereocenters. The lowest BCUT2D eigenvalue weighted by Crippen LogP contribution is -2.47. The number of carbonyl (C=O) groups excluding carboxylic acids is 2. The molecule has 1 atom stereocenters. The van der Waals surface area contributed by atoms with E-state index in [1.54, 1.807) is 13.8 Å². The van der Waals surface area contributed by atoms with Crippen molar-refractivity contribution >= 4 is 17.6 Å². The van der Waals surface area contributed by atoms with Crippen LogP contribution in [0.2, 0.25) is 0 Å². The SMILES string of the molecule is CC(C)C(NC(=O)c1ccc(N)nn1)C(N)=O. The second-order valence-corrected chi connectivity index (χ2v) is 3.94. The summed E-state index contributed by atoms with van der Waals surface area (Å²) in [6.45, 7) is 3.56. The number of nitrogens with zero attached hydrogens (tertiary/aromatic N) is 2. The molecule has 0 radical (unpaired) electrons. The summed E-state index contributed by atoms with van der Waals surface area (Å²) in [5, 5.41) is 9.65. The number of nitrogen functional groups attached to an aromatic ring is 1. The minimum Gasteiger partial charge on any atom is -0.382 e. The third-order valence-electron chi connectivity index (χ3n) is 2.18. The fraction of sp³-hybridized carbons (Fsp3) is 0.400. The highest BCUT2D eigenvalue weighted by molar-refractivity contribution is 5.95. The van der Waals surface area contributed by atoms with E-state index >= 15 is 0 Å². The number of hydrogen-bond acceptors (Lipinski definition) is 5. The van der Waals surface area contributed by atoms with Crippen LogP contribution in [-0.2, 0) is 4.79 Å². The smallest absolute Gasteiger partial charge is 0.272 e. The Morgan fingerprint density at radius 1 is 1.29 bits per heavy atom. The van der Waals surface area contributed by atoms with E-state index in [1.807, 2.05) is 0 Å². The van der Waals surface area contributed by atoms with Crippen molar-refractivity contribution in [3.63, 3.8) is 0 Å². The van der Waals surface area contributed by atoms with Gasteiger partial charge in [-0.2, -0.15) is 0 Å². The first kappa shape index (κ1) is 12.9. The monoisotopic (exact) mass is 237 g/mol. The number of amides is 2. The van der Waals surface area contributed by atoms with Crippen LogP contribution in [0.3, 0.4) is 0 Å². The van der Waals surface area contributed by atoms with Crippen molar-refractivity contribution in [2.24, 2.45) is 11.7 Å². The van der Waals surface area contributed by atoms with Crippen molar-refractivity contribution in [2.45, 2.75) is 19.9 Å². The zero-order valence-electron chi connectivity index (χ0n) is 9.68.